The van der Waals surface area contributed by atoms with Crippen molar-refractivity contribution in [1.82, 2.24) is 4.90 Å². The van der Waals surface area contributed by atoms with E-state index < -0.39 is 5.79 Å². The van der Waals surface area contributed by atoms with Crippen LogP contribution < -0.4 is 0 Å². The van der Waals surface area contributed by atoms with Crippen LogP contribution in [0.2, 0.25) is 0 Å². The van der Waals surface area contributed by atoms with Gasteiger partial charge in [-0.3, -0.25) is 4.90 Å². The van der Waals surface area contributed by atoms with Crippen molar-refractivity contribution in [2.24, 2.45) is 0 Å². The molecule has 0 aliphatic carbocycles. The number of hydrogen-bond donors (Lipinski definition) is 1. The second-order valence-corrected chi connectivity index (χ2v) is 5.20. The standard InChI is InChI=1S/C17H19NO2/c1-18-12-13-20-17(19,15-10-6-3-7-11-15)16(18)14-8-4-2-5-9-14/h2-11,16,19H,12-13H2,1H3/t16-,17+/m0/s1. The Morgan fingerprint density at radius 3 is 2.30 bits per heavy atom. The van der Waals surface area contributed by atoms with Gasteiger partial charge in [-0.1, -0.05) is 60.7 Å². The van der Waals surface area contributed by atoms with Crippen molar-refractivity contribution in [3.05, 3.63) is 71.8 Å². The molecule has 2 aromatic carbocycles. The van der Waals surface area contributed by atoms with Crippen LogP contribution in [-0.2, 0) is 10.5 Å². The molecule has 104 valence electrons. The SMILES string of the molecule is CN1CCO[C@](O)(c2ccccc2)[C@@H]1c1ccccc1. The van der Waals surface area contributed by atoms with Crippen molar-refractivity contribution in [1.29, 1.82) is 0 Å². The fraction of sp³-hybridized carbons (Fsp3) is 0.294. The van der Waals surface area contributed by atoms with Crippen LogP contribution in [0.1, 0.15) is 17.2 Å². The molecule has 1 heterocycles. The average molecular weight is 269 g/mol. The minimum Gasteiger partial charge on any atom is -0.360 e. The third kappa shape index (κ3) is 2.24. The number of hydrogen-bond acceptors (Lipinski definition) is 3. The summed E-state index contributed by atoms with van der Waals surface area (Å²) in [6.07, 6.45) is 0. The van der Waals surface area contributed by atoms with Gasteiger partial charge in [-0.2, -0.15) is 0 Å². The topological polar surface area (TPSA) is 32.7 Å². The molecule has 0 amide bonds. The van der Waals surface area contributed by atoms with Gasteiger partial charge in [0.1, 0.15) is 0 Å². The molecule has 0 bridgehead atoms. The summed E-state index contributed by atoms with van der Waals surface area (Å²) in [5.41, 5.74) is 1.85. The Morgan fingerprint density at radius 1 is 1.05 bits per heavy atom. The molecule has 2 atom stereocenters. The van der Waals surface area contributed by atoms with Gasteiger partial charge in [-0.05, 0) is 12.6 Å². The zero-order valence-corrected chi connectivity index (χ0v) is 11.6. The van der Waals surface area contributed by atoms with Gasteiger partial charge in [-0.25, -0.2) is 0 Å². The average Bonchev–Trinajstić information content (AvgIpc) is 2.49. The van der Waals surface area contributed by atoms with E-state index in [1.807, 2.05) is 67.7 Å². The van der Waals surface area contributed by atoms with Crippen molar-refractivity contribution in [2.75, 3.05) is 20.2 Å². The Bertz CT molecular complexity index is 558. The maximum Gasteiger partial charge on any atom is 0.212 e. The highest BCUT2D eigenvalue weighted by Gasteiger charge is 2.45. The second-order valence-electron chi connectivity index (χ2n) is 5.20. The lowest BCUT2D eigenvalue weighted by atomic mass is 9.90. The zero-order valence-electron chi connectivity index (χ0n) is 11.6. The smallest absolute Gasteiger partial charge is 0.212 e. The van der Waals surface area contributed by atoms with E-state index in [-0.39, 0.29) is 6.04 Å². The highest BCUT2D eigenvalue weighted by Crippen LogP contribution is 2.42. The minimum absolute atomic E-state index is 0.208. The van der Waals surface area contributed by atoms with Crippen molar-refractivity contribution in [2.45, 2.75) is 11.8 Å². The fourth-order valence-electron chi connectivity index (χ4n) is 2.89. The highest BCUT2D eigenvalue weighted by molar-refractivity contribution is 5.29. The summed E-state index contributed by atoms with van der Waals surface area (Å²) in [5.74, 6) is -1.31. The van der Waals surface area contributed by atoms with E-state index >= 15 is 0 Å². The minimum atomic E-state index is -1.31. The number of rotatable bonds is 2. The van der Waals surface area contributed by atoms with Crippen molar-refractivity contribution < 1.29 is 9.84 Å². The fourth-order valence-corrected chi connectivity index (χ4v) is 2.89. The molecule has 0 radical (unpaired) electrons. The lowest BCUT2D eigenvalue weighted by Gasteiger charge is -2.45. The number of ether oxygens (including phenoxy) is 1. The monoisotopic (exact) mass is 269 g/mol. The van der Waals surface area contributed by atoms with E-state index in [1.54, 1.807) is 0 Å². The van der Waals surface area contributed by atoms with E-state index in [1.165, 1.54) is 0 Å². The maximum atomic E-state index is 11.2. The van der Waals surface area contributed by atoms with Gasteiger partial charge in [0.2, 0.25) is 5.79 Å². The van der Waals surface area contributed by atoms with Gasteiger partial charge in [0.15, 0.2) is 0 Å². The van der Waals surface area contributed by atoms with Crippen molar-refractivity contribution >= 4 is 0 Å². The molecule has 3 heteroatoms. The van der Waals surface area contributed by atoms with E-state index in [2.05, 4.69) is 4.90 Å². The number of likely N-dealkylation sites (N-methyl/N-ethyl adjacent to an activating group) is 1. The molecule has 2 aromatic rings. The van der Waals surface area contributed by atoms with E-state index in [0.717, 1.165) is 17.7 Å². The van der Waals surface area contributed by atoms with E-state index in [4.69, 9.17) is 4.74 Å². The third-order valence-electron chi connectivity index (χ3n) is 3.88. The number of benzene rings is 2. The summed E-state index contributed by atoms with van der Waals surface area (Å²) in [4.78, 5) is 2.14. The quantitative estimate of drug-likeness (QED) is 0.909. The lowest BCUT2D eigenvalue weighted by molar-refractivity contribution is -0.278. The Balaban J connectivity index is 2.07. The summed E-state index contributed by atoms with van der Waals surface area (Å²) in [7, 11) is 2.02. The molecule has 3 nitrogen and oxygen atoms in total. The molecule has 0 saturated carbocycles. The molecule has 0 aromatic heterocycles. The van der Waals surface area contributed by atoms with Crippen LogP contribution >= 0.6 is 0 Å². The van der Waals surface area contributed by atoms with Crippen LogP contribution in [0.4, 0.5) is 0 Å². The van der Waals surface area contributed by atoms with Crippen molar-refractivity contribution in [3.8, 4) is 0 Å². The van der Waals surface area contributed by atoms with Crippen LogP contribution in [0.15, 0.2) is 60.7 Å². The Morgan fingerprint density at radius 2 is 1.65 bits per heavy atom. The predicted molar refractivity (Wildman–Crippen MR) is 78.1 cm³/mol. The van der Waals surface area contributed by atoms with E-state index in [0.29, 0.717) is 6.61 Å². The van der Waals surface area contributed by atoms with Gasteiger partial charge >= 0.3 is 0 Å². The molecule has 1 fully saturated rings. The molecule has 1 saturated heterocycles. The summed E-state index contributed by atoms with van der Waals surface area (Å²) < 4.78 is 5.80. The number of nitrogens with zero attached hydrogens (tertiary/aromatic N) is 1. The molecule has 20 heavy (non-hydrogen) atoms. The Hall–Kier alpha value is -1.68. The summed E-state index contributed by atoms with van der Waals surface area (Å²) in [6, 6.07) is 19.4. The zero-order chi connectivity index (χ0) is 14.0. The summed E-state index contributed by atoms with van der Waals surface area (Å²) in [6.45, 7) is 1.32. The van der Waals surface area contributed by atoms with Gasteiger partial charge in [0.25, 0.3) is 0 Å². The van der Waals surface area contributed by atoms with Gasteiger partial charge in [-0.15, -0.1) is 0 Å². The molecular formula is C17H19NO2. The van der Waals surface area contributed by atoms with Crippen LogP contribution in [-0.4, -0.2) is 30.2 Å². The molecule has 1 N–H and O–H groups in total. The van der Waals surface area contributed by atoms with Crippen LogP contribution in [0.25, 0.3) is 0 Å². The summed E-state index contributed by atoms with van der Waals surface area (Å²) >= 11 is 0. The predicted octanol–water partition coefficient (Wildman–Crippen LogP) is 2.54. The second kappa shape index (κ2) is 5.37. The third-order valence-corrected chi connectivity index (χ3v) is 3.88. The number of morpholine rings is 1. The van der Waals surface area contributed by atoms with Gasteiger partial charge in [0.05, 0.1) is 12.6 Å². The van der Waals surface area contributed by atoms with Crippen LogP contribution in [0.5, 0.6) is 0 Å². The first kappa shape index (κ1) is 13.3. The molecule has 1 aliphatic heterocycles. The molecule has 1 aliphatic rings. The molecule has 0 spiro atoms. The Labute approximate surface area is 119 Å². The van der Waals surface area contributed by atoms with E-state index in [9.17, 15) is 5.11 Å². The van der Waals surface area contributed by atoms with Gasteiger partial charge in [0, 0.05) is 12.1 Å². The van der Waals surface area contributed by atoms with Crippen LogP contribution in [0, 0.1) is 0 Å². The first-order valence-corrected chi connectivity index (χ1v) is 6.89. The lowest BCUT2D eigenvalue weighted by Crippen LogP contribution is -2.50. The van der Waals surface area contributed by atoms with Gasteiger partial charge < -0.3 is 9.84 Å². The first-order valence-electron chi connectivity index (χ1n) is 6.89. The molecule has 3 rings (SSSR count). The molecule has 0 unspecified atom stereocenters. The Kier molecular flexibility index (Phi) is 3.57. The van der Waals surface area contributed by atoms with Crippen LogP contribution in [0.3, 0.4) is 0 Å². The number of aliphatic hydroxyl groups is 1. The largest absolute Gasteiger partial charge is 0.360 e. The highest BCUT2D eigenvalue weighted by atomic mass is 16.6. The molecular weight excluding hydrogens is 250 g/mol. The summed E-state index contributed by atoms with van der Waals surface area (Å²) in [5, 5.41) is 11.2. The first-order chi connectivity index (χ1) is 9.72. The maximum absolute atomic E-state index is 11.2. The normalized spacial score (nSPS) is 27.4. The van der Waals surface area contributed by atoms with Crippen molar-refractivity contribution in [3.63, 3.8) is 0 Å².